The predicted octanol–water partition coefficient (Wildman–Crippen LogP) is 4.54. The highest BCUT2D eigenvalue weighted by atomic mass is 79.9. The Morgan fingerprint density at radius 1 is 1.16 bits per heavy atom. The molecule has 0 saturated heterocycles. The van der Waals surface area contributed by atoms with Gasteiger partial charge in [0.2, 0.25) is 0 Å². The minimum atomic E-state index is -2.49. The van der Waals surface area contributed by atoms with Crippen LogP contribution in [0.4, 0.5) is 13.2 Å². The topological polar surface area (TPSA) is 3.24 Å². The normalized spacial score (nSPS) is 15.6. The molecule has 0 atom stereocenters. The summed E-state index contributed by atoms with van der Waals surface area (Å²) in [5.41, 5.74) is 1.70. The molecular weight excluding hydrogens is 319 g/mol. The van der Waals surface area contributed by atoms with Crippen LogP contribution in [0.3, 0.4) is 0 Å². The first-order valence-corrected chi connectivity index (χ1v) is 6.36. The lowest BCUT2D eigenvalue weighted by Gasteiger charge is -2.31. The Morgan fingerprint density at radius 2 is 1.79 bits per heavy atom. The van der Waals surface area contributed by atoms with Crippen molar-refractivity contribution in [3.8, 4) is 0 Å². The third-order valence-corrected chi connectivity index (χ3v) is 3.46. The predicted molar refractivity (Wildman–Crippen MR) is 73.2 cm³/mol. The Hall–Kier alpha value is -1.49. The van der Waals surface area contributed by atoms with E-state index >= 15 is 0 Å². The number of rotatable bonds is 3. The second-order valence-corrected chi connectivity index (χ2v) is 4.88. The van der Waals surface area contributed by atoms with E-state index in [-0.39, 0.29) is 5.82 Å². The van der Waals surface area contributed by atoms with Gasteiger partial charge in [-0.15, -0.1) is 0 Å². The van der Waals surface area contributed by atoms with Gasteiger partial charge in [0.25, 0.3) is 6.43 Å². The highest BCUT2D eigenvalue weighted by Gasteiger charge is 2.22. The SMILES string of the molecule is C=C1C(Br)=CC=C(c2ccc(F)cc2)N1CC(F)F. The van der Waals surface area contributed by atoms with E-state index in [1.807, 2.05) is 0 Å². The van der Waals surface area contributed by atoms with Crippen molar-refractivity contribution in [2.45, 2.75) is 6.43 Å². The summed E-state index contributed by atoms with van der Waals surface area (Å²) in [7, 11) is 0. The summed E-state index contributed by atoms with van der Waals surface area (Å²) < 4.78 is 38.9. The smallest absolute Gasteiger partial charge is 0.256 e. The minimum Gasteiger partial charge on any atom is -0.335 e. The highest BCUT2D eigenvalue weighted by molar-refractivity contribution is 9.12. The van der Waals surface area contributed by atoms with Crippen LogP contribution in [0.1, 0.15) is 5.56 Å². The zero-order chi connectivity index (χ0) is 14.0. The van der Waals surface area contributed by atoms with Crippen LogP contribution < -0.4 is 0 Å². The molecule has 1 aliphatic rings. The number of halogens is 4. The molecule has 0 aromatic heterocycles. The van der Waals surface area contributed by atoms with Gasteiger partial charge in [0.15, 0.2) is 0 Å². The first kappa shape index (κ1) is 13.9. The maximum absolute atomic E-state index is 12.9. The lowest BCUT2D eigenvalue weighted by molar-refractivity contribution is 0.123. The van der Waals surface area contributed by atoms with Crippen LogP contribution in [-0.4, -0.2) is 17.9 Å². The van der Waals surface area contributed by atoms with Crippen LogP contribution in [0.2, 0.25) is 0 Å². The summed E-state index contributed by atoms with van der Waals surface area (Å²) in [6, 6.07) is 5.71. The number of nitrogens with zero attached hydrogens (tertiary/aromatic N) is 1. The first-order chi connectivity index (χ1) is 8.99. The van der Waals surface area contributed by atoms with Crippen LogP contribution in [0.25, 0.3) is 5.70 Å². The van der Waals surface area contributed by atoms with Crippen molar-refractivity contribution in [1.29, 1.82) is 0 Å². The lowest BCUT2D eigenvalue weighted by Crippen LogP contribution is -2.28. The molecule has 1 aliphatic heterocycles. The summed E-state index contributed by atoms with van der Waals surface area (Å²) in [6.07, 6.45) is 0.955. The molecule has 1 aromatic carbocycles. The molecular formula is C14H11BrF3N. The summed E-state index contributed by atoms with van der Waals surface area (Å²) in [5.74, 6) is -0.365. The Balaban J connectivity index is 2.39. The van der Waals surface area contributed by atoms with Gasteiger partial charge in [-0.05, 0) is 57.9 Å². The molecule has 0 saturated carbocycles. The molecule has 5 heteroatoms. The Kier molecular flexibility index (Phi) is 4.14. The van der Waals surface area contributed by atoms with Crippen LogP contribution in [-0.2, 0) is 0 Å². The molecule has 2 rings (SSSR count). The molecule has 1 aromatic rings. The molecule has 100 valence electrons. The van der Waals surface area contributed by atoms with E-state index in [1.165, 1.54) is 17.0 Å². The van der Waals surface area contributed by atoms with Gasteiger partial charge in [-0.2, -0.15) is 0 Å². The molecule has 0 radical (unpaired) electrons. The zero-order valence-electron chi connectivity index (χ0n) is 9.91. The quantitative estimate of drug-likeness (QED) is 0.786. The van der Waals surface area contributed by atoms with Crippen molar-refractivity contribution in [3.63, 3.8) is 0 Å². The standard InChI is InChI=1S/C14H11BrF3N/c1-9-12(15)6-7-13(19(9)8-14(17)18)10-2-4-11(16)5-3-10/h2-7,14H,1,8H2. The summed E-state index contributed by atoms with van der Waals surface area (Å²) in [6.45, 7) is 3.33. The van der Waals surface area contributed by atoms with Gasteiger partial charge >= 0.3 is 0 Å². The summed E-state index contributed by atoms with van der Waals surface area (Å²) >= 11 is 3.27. The van der Waals surface area contributed by atoms with Crippen molar-refractivity contribution >= 4 is 21.6 Å². The van der Waals surface area contributed by atoms with Crippen molar-refractivity contribution in [2.75, 3.05) is 6.54 Å². The zero-order valence-corrected chi connectivity index (χ0v) is 11.5. The van der Waals surface area contributed by atoms with E-state index in [9.17, 15) is 13.2 Å². The Labute approximate surface area is 117 Å². The molecule has 1 nitrogen and oxygen atoms in total. The second-order valence-electron chi connectivity index (χ2n) is 4.02. The molecule has 0 amide bonds. The van der Waals surface area contributed by atoms with Crippen LogP contribution in [0.5, 0.6) is 0 Å². The van der Waals surface area contributed by atoms with Crippen LogP contribution in [0, 0.1) is 5.82 Å². The van der Waals surface area contributed by atoms with Crippen molar-refractivity contribution < 1.29 is 13.2 Å². The lowest BCUT2D eigenvalue weighted by atomic mass is 10.1. The Morgan fingerprint density at radius 3 is 2.37 bits per heavy atom. The third kappa shape index (κ3) is 3.10. The van der Waals surface area contributed by atoms with Gasteiger partial charge in [0.05, 0.1) is 6.54 Å². The van der Waals surface area contributed by atoms with Gasteiger partial charge in [-0.3, -0.25) is 0 Å². The van der Waals surface area contributed by atoms with Gasteiger partial charge < -0.3 is 4.90 Å². The molecule has 0 bridgehead atoms. The van der Waals surface area contributed by atoms with Crippen molar-refractivity contribution in [3.05, 3.63) is 64.6 Å². The fourth-order valence-electron chi connectivity index (χ4n) is 1.83. The van der Waals surface area contributed by atoms with E-state index in [2.05, 4.69) is 22.5 Å². The minimum absolute atomic E-state index is 0.365. The van der Waals surface area contributed by atoms with Gasteiger partial charge in [-0.1, -0.05) is 6.58 Å². The molecule has 0 fully saturated rings. The average Bonchev–Trinajstić information content (AvgIpc) is 2.36. The average molecular weight is 330 g/mol. The van der Waals surface area contributed by atoms with Gasteiger partial charge in [0, 0.05) is 15.9 Å². The maximum atomic E-state index is 12.9. The fourth-order valence-corrected chi connectivity index (χ4v) is 2.18. The first-order valence-electron chi connectivity index (χ1n) is 5.57. The molecule has 19 heavy (non-hydrogen) atoms. The summed E-state index contributed by atoms with van der Waals surface area (Å²) in [4.78, 5) is 1.42. The van der Waals surface area contributed by atoms with E-state index in [1.54, 1.807) is 24.3 Å². The molecule has 0 spiro atoms. The number of alkyl halides is 2. The number of benzene rings is 1. The number of hydrogen-bond donors (Lipinski definition) is 0. The molecule has 1 heterocycles. The fraction of sp³-hybridized carbons (Fsp3) is 0.143. The van der Waals surface area contributed by atoms with Crippen molar-refractivity contribution in [2.24, 2.45) is 0 Å². The van der Waals surface area contributed by atoms with Crippen molar-refractivity contribution in [1.82, 2.24) is 4.90 Å². The second kappa shape index (κ2) is 5.65. The molecule has 0 unspecified atom stereocenters. The largest absolute Gasteiger partial charge is 0.335 e. The van der Waals surface area contributed by atoms with Crippen LogP contribution in [0.15, 0.2) is 53.2 Å². The van der Waals surface area contributed by atoms with E-state index in [4.69, 9.17) is 0 Å². The molecule has 0 aliphatic carbocycles. The van der Waals surface area contributed by atoms with E-state index in [0.29, 0.717) is 21.4 Å². The number of allylic oxidation sites excluding steroid dienone is 3. The van der Waals surface area contributed by atoms with Gasteiger partial charge in [0.1, 0.15) is 5.82 Å². The maximum Gasteiger partial charge on any atom is 0.256 e. The summed E-state index contributed by atoms with van der Waals surface area (Å²) in [5, 5.41) is 0. The Bertz CT molecular complexity index is 546. The molecule has 0 N–H and O–H groups in total. The van der Waals surface area contributed by atoms with Gasteiger partial charge in [-0.25, -0.2) is 13.2 Å². The third-order valence-electron chi connectivity index (χ3n) is 2.74. The monoisotopic (exact) mass is 329 g/mol. The number of hydrogen-bond acceptors (Lipinski definition) is 1. The van der Waals surface area contributed by atoms with Crippen LogP contribution >= 0.6 is 15.9 Å². The van der Waals surface area contributed by atoms with E-state index < -0.39 is 13.0 Å². The van der Waals surface area contributed by atoms with E-state index in [0.717, 1.165) is 0 Å². The highest BCUT2D eigenvalue weighted by Crippen LogP contribution is 2.33.